The van der Waals surface area contributed by atoms with Crippen LogP contribution in [0.25, 0.3) is 0 Å². The Labute approximate surface area is 119 Å². The van der Waals surface area contributed by atoms with E-state index in [2.05, 4.69) is 24.2 Å². The fraction of sp³-hybridized carbons (Fsp3) is 1.00. The first-order valence-corrected chi connectivity index (χ1v) is 8.08. The van der Waals surface area contributed by atoms with Crippen LogP contribution in [0.5, 0.6) is 0 Å². The van der Waals surface area contributed by atoms with E-state index in [0.717, 1.165) is 6.54 Å². The topological polar surface area (TPSA) is 24.5 Å². The molecule has 0 amide bonds. The lowest BCUT2D eigenvalue weighted by Gasteiger charge is -2.43. The molecule has 2 aliphatic rings. The van der Waals surface area contributed by atoms with Crippen LogP contribution in [0.2, 0.25) is 0 Å². The van der Waals surface area contributed by atoms with Gasteiger partial charge in [-0.2, -0.15) is 0 Å². The number of hydrogen-bond donors (Lipinski definition) is 1. The van der Waals surface area contributed by atoms with Crippen LogP contribution in [0.4, 0.5) is 0 Å². The molecule has 0 radical (unpaired) electrons. The monoisotopic (exact) mass is 268 g/mol. The summed E-state index contributed by atoms with van der Waals surface area (Å²) < 4.78 is 5.69. The number of rotatable bonds is 5. The van der Waals surface area contributed by atoms with E-state index >= 15 is 0 Å². The van der Waals surface area contributed by atoms with Crippen molar-refractivity contribution in [1.29, 1.82) is 0 Å². The molecule has 1 unspecified atom stereocenters. The zero-order valence-corrected chi connectivity index (χ0v) is 13.1. The average molecular weight is 268 g/mol. The molecule has 0 bridgehead atoms. The fourth-order valence-corrected chi connectivity index (χ4v) is 3.89. The highest BCUT2D eigenvalue weighted by atomic mass is 16.5. The zero-order valence-electron chi connectivity index (χ0n) is 13.1. The second kappa shape index (κ2) is 6.55. The Morgan fingerprint density at radius 3 is 2.47 bits per heavy atom. The Balaban J connectivity index is 1.83. The molecule has 112 valence electrons. The Morgan fingerprint density at radius 2 is 1.84 bits per heavy atom. The second-order valence-electron chi connectivity index (χ2n) is 6.87. The van der Waals surface area contributed by atoms with Crippen molar-refractivity contribution in [3.05, 3.63) is 0 Å². The minimum atomic E-state index is 0.0810. The number of methoxy groups -OCH3 is 1. The highest BCUT2D eigenvalue weighted by Gasteiger charge is 2.34. The first kappa shape index (κ1) is 15.3. The lowest BCUT2D eigenvalue weighted by molar-refractivity contribution is -0.0524. The number of nitrogens with one attached hydrogen (secondary N) is 1. The van der Waals surface area contributed by atoms with Crippen molar-refractivity contribution < 1.29 is 4.74 Å². The predicted molar refractivity (Wildman–Crippen MR) is 80.6 cm³/mol. The van der Waals surface area contributed by atoms with Gasteiger partial charge in [-0.05, 0) is 52.6 Å². The molecule has 2 fully saturated rings. The molecule has 2 rings (SSSR count). The van der Waals surface area contributed by atoms with Gasteiger partial charge >= 0.3 is 0 Å². The predicted octanol–water partition coefficient (Wildman–Crippen LogP) is 2.80. The summed E-state index contributed by atoms with van der Waals surface area (Å²) in [6, 6.07) is 0. The number of piperidine rings is 1. The number of likely N-dealkylation sites (tertiary alicyclic amines) is 1. The van der Waals surface area contributed by atoms with Crippen LogP contribution in [-0.2, 0) is 4.74 Å². The molecule has 1 saturated heterocycles. The van der Waals surface area contributed by atoms with Gasteiger partial charge in [-0.25, -0.2) is 0 Å². The van der Waals surface area contributed by atoms with Gasteiger partial charge in [0.05, 0.1) is 5.60 Å². The normalized spacial score (nSPS) is 32.4. The van der Waals surface area contributed by atoms with Crippen molar-refractivity contribution in [2.75, 3.05) is 33.8 Å². The molecule has 0 aromatic carbocycles. The summed E-state index contributed by atoms with van der Waals surface area (Å²) in [5.41, 5.74) is 0.497. The van der Waals surface area contributed by atoms with Gasteiger partial charge in [0, 0.05) is 25.7 Å². The quantitative estimate of drug-likeness (QED) is 0.830. The third-order valence-electron chi connectivity index (χ3n) is 5.48. The van der Waals surface area contributed by atoms with Gasteiger partial charge in [0.1, 0.15) is 0 Å². The van der Waals surface area contributed by atoms with Crippen LogP contribution in [0.3, 0.4) is 0 Å². The highest BCUT2D eigenvalue weighted by Crippen LogP contribution is 2.32. The van der Waals surface area contributed by atoms with Gasteiger partial charge in [-0.3, -0.25) is 0 Å². The first-order valence-electron chi connectivity index (χ1n) is 8.08. The van der Waals surface area contributed by atoms with E-state index in [4.69, 9.17) is 4.74 Å². The molecule has 1 heterocycles. The van der Waals surface area contributed by atoms with Gasteiger partial charge in [0.2, 0.25) is 0 Å². The summed E-state index contributed by atoms with van der Waals surface area (Å²) in [6.07, 6.45) is 10.7. The molecule has 1 N–H and O–H groups in total. The van der Waals surface area contributed by atoms with Crippen molar-refractivity contribution >= 4 is 0 Å². The Bertz CT molecular complexity index is 276. The minimum absolute atomic E-state index is 0.0810. The molecule has 0 spiro atoms. The summed E-state index contributed by atoms with van der Waals surface area (Å²) in [5.74, 6) is 0. The van der Waals surface area contributed by atoms with Gasteiger partial charge in [-0.15, -0.1) is 0 Å². The highest BCUT2D eigenvalue weighted by molar-refractivity contribution is 4.92. The van der Waals surface area contributed by atoms with E-state index in [0.29, 0.717) is 5.54 Å². The minimum Gasteiger partial charge on any atom is -0.377 e. The fourth-order valence-electron chi connectivity index (χ4n) is 3.89. The van der Waals surface area contributed by atoms with E-state index in [1.54, 1.807) is 0 Å². The van der Waals surface area contributed by atoms with Crippen LogP contribution in [0.15, 0.2) is 0 Å². The summed E-state index contributed by atoms with van der Waals surface area (Å²) >= 11 is 0. The van der Waals surface area contributed by atoms with Crippen molar-refractivity contribution in [3.63, 3.8) is 0 Å². The van der Waals surface area contributed by atoms with E-state index in [9.17, 15) is 0 Å². The maximum Gasteiger partial charge on any atom is 0.0777 e. The zero-order chi connectivity index (χ0) is 13.8. The average Bonchev–Trinajstić information content (AvgIpc) is 2.46. The van der Waals surface area contributed by atoms with Crippen LogP contribution in [-0.4, -0.2) is 49.8 Å². The smallest absolute Gasteiger partial charge is 0.0777 e. The molecule has 1 saturated carbocycles. The Kier molecular flexibility index (Phi) is 5.27. The number of ether oxygens (including phenoxy) is 1. The molecule has 1 aliphatic heterocycles. The van der Waals surface area contributed by atoms with E-state index in [1.807, 2.05) is 7.11 Å². The molecule has 19 heavy (non-hydrogen) atoms. The summed E-state index contributed by atoms with van der Waals surface area (Å²) in [7, 11) is 4.01. The number of hydrogen-bond acceptors (Lipinski definition) is 3. The van der Waals surface area contributed by atoms with Gasteiger partial charge in [0.15, 0.2) is 0 Å². The van der Waals surface area contributed by atoms with Crippen LogP contribution >= 0.6 is 0 Å². The van der Waals surface area contributed by atoms with E-state index < -0.39 is 0 Å². The Morgan fingerprint density at radius 1 is 1.11 bits per heavy atom. The molecule has 1 atom stereocenters. The van der Waals surface area contributed by atoms with Crippen molar-refractivity contribution in [3.8, 4) is 0 Å². The third kappa shape index (κ3) is 3.93. The SMILES string of the molecule is CNC1(CCN2CCCC(C)(OC)C2)CCCCC1. The van der Waals surface area contributed by atoms with Gasteiger partial charge in [0.25, 0.3) is 0 Å². The van der Waals surface area contributed by atoms with E-state index in [1.165, 1.54) is 64.5 Å². The maximum absolute atomic E-state index is 5.69. The van der Waals surface area contributed by atoms with Crippen LogP contribution in [0.1, 0.15) is 58.3 Å². The lowest BCUT2D eigenvalue weighted by Crippen LogP contribution is -2.51. The summed E-state index contributed by atoms with van der Waals surface area (Å²) in [5, 5.41) is 3.63. The van der Waals surface area contributed by atoms with Crippen LogP contribution in [0, 0.1) is 0 Å². The summed E-state index contributed by atoms with van der Waals surface area (Å²) in [4.78, 5) is 2.61. The molecule has 0 aromatic rings. The molecule has 3 heteroatoms. The molecular formula is C16H32N2O. The van der Waals surface area contributed by atoms with Crippen molar-refractivity contribution in [2.24, 2.45) is 0 Å². The summed E-state index contributed by atoms with van der Waals surface area (Å²) in [6.45, 7) is 5.83. The lowest BCUT2D eigenvalue weighted by atomic mass is 9.79. The first-order chi connectivity index (χ1) is 9.11. The van der Waals surface area contributed by atoms with Gasteiger partial charge in [-0.1, -0.05) is 19.3 Å². The molecule has 0 aromatic heterocycles. The van der Waals surface area contributed by atoms with Crippen molar-refractivity contribution in [2.45, 2.75) is 69.4 Å². The second-order valence-corrected chi connectivity index (χ2v) is 6.87. The van der Waals surface area contributed by atoms with Crippen LogP contribution < -0.4 is 5.32 Å². The molecule has 1 aliphatic carbocycles. The molecular weight excluding hydrogens is 236 g/mol. The number of nitrogens with zero attached hydrogens (tertiary/aromatic N) is 1. The largest absolute Gasteiger partial charge is 0.377 e. The van der Waals surface area contributed by atoms with Gasteiger partial charge < -0.3 is 15.0 Å². The Hall–Kier alpha value is -0.120. The van der Waals surface area contributed by atoms with E-state index in [-0.39, 0.29) is 5.60 Å². The molecule has 3 nitrogen and oxygen atoms in total. The standard InChI is InChI=1S/C16H32N2O/c1-15(19-3)8-7-12-18(14-15)13-11-16(17-2)9-5-4-6-10-16/h17H,4-14H2,1-3H3. The maximum atomic E-state index is 5.69. The van der Waals surface area contributed by atoms with Crippen molar-refractivity contribution in [1.82, 2.24) is 10.2 Å². The third-order valence-corrected chi connectivity index (χ3v) is 5.48.